The second kappa shape index (κ2) is 7.89. The lowest BCUT2D eigenvalue weighted by atomic mass is 9.93. The smallest absolute Gasteiger partial charge is 0.0468 e. The van der Waals surface area contributed by atoms with E-state index in [4.69, 9.17) is 4.74 Å². The van der Waals surface area contributed by atoms with Crippen LogP contribution in [0.2, 0.25) is 0 Å². The summed E-state index contributed by atoms with van der Waals surface area (Å²) in [5.74, 6) is 0.878. The summed E-state index contributed by atoms with van der Waals surface area (Å²) in [5.41, 5.74) is 0. The van der Waals surface area contributed by atoms with E-state index in [2.05, 4.69) is 31.3 Å². The molecule has 1 atom stereocenters. The van der Waals surface area contributed by atoms with Crippen LogP contribution in [0.5, 0.6) is 0 Å². The van der Waals surface area contributed by atoms with Gasteiger partial charge >= 0.3 is 0 Å². The van der Waals surface area contributed by atoms with Crippen LogP contribution in [0, 0.1) is 5.92 Å². The van der Waals surface area contributed by atoms with Gasteiger partial charge in [0.15, 0.2) is 0 Å². The van der Waals surface area contributed by atoms with Gasteiger partial charge in [0, 0.05) is 19.3 Å². The highest BCUT2D eigenvalue weighted by Crippen LogP contribution is 2.19. The fourth-order valence-electron chi connectivity index (χ4n) is 2.15. The van der Waals surface area contributed by atoms with E-state index in [1.165, 1.54) is 19.3 Å². The molecular formula is C13H25NO. The first-order chi connectivity index (χ1) is 7.33. The van der Waals surface area contributed by atoms with Crippen LogP contribution >= 0.6 is 0 Å². The van der Waals surface area contributed by atoms with Crippen molar-refractivity contribution >= 4 is 0 Å². The minimum atomic E-state index is 0.651. The molecule has 1 heterocycles. The maximum Gasteiger partial charge on any atom is 0.0468 e. The Bertz CT molecular complexity index is 173. The first kappa shape index (κ1) is 12.7. The Balaban J connectivity index is 2.03. The zero-order chi connectivity index (χ0) is 10.9. The molecule has 2 heteroatoms. The maximum absolute atomic E-state index is 5.36. The second-order valence-corrected chi connectivity index (χ2v) is 4.50. The summed E-state index contributed by atoms with van der Waals surface area (Å²) in [6, 6.07) is 0.651. The molecule has 15 heavy (non-hydrogen) atoms. The summed E-state index contributed by atoms with van der Waals surface area (Å²) < 4.78 is 5.36. The summed E-state index contributed by atoms with van der Waals surface area (Å²) in [6.07, 6.45) is 9.29. The van der Waals surface area contributed by atoms with E-state index in [1.54, 1.807) is 0 Å². The predicted molar refractivity (Wildman–Crippen MR) is 65.1 cm³/mol. The van der Waals surface area contributed by atoms with Gasteiger partial charge in [0.1, 0.15) is 0 Å². The van der Waals surface area contributed by atoms with Gasteiger partial charge in [0.25, 0.3) is 0 Å². The van der Waals surface area contributed by atoms with Crippen LogP contribution in [0.1, 0.15) is 39.5 Å². The van der Waals surface area contributed by atoms with Crippen LogP contribution < -0.4 is 5.32 Å². The van der Waals surface area contributed by atoms with Gasteiger partial charge in [-0.15, -0.1) is 0 Å². The zero-order valence-corrected chi connectivity index (χ0v) is 10.2. The lowest BCUT2D eigenvalue weighted by Crippen LogP contribution is -2.30. The Morgan fingerprint density at radius 1 is 1.40 bits per heavy atom. The average molecular weight is 211 g/mol. The highest BCUT2D eigenvalue weighted by Gasteiger charge is 2.16. The number of hydrogen-bond donors (Lipinski definition) is 1. The first-order valence-corrected chi connectivity index (χ1v) is 6.25. The average Bonchev–Trinajstić information content (AvgIpc) is 2.26. The highest BCUT2D eigenvalue weighted by atomic mass is 16.5. The maximum atomic E-state index is 5.36. The molecule has 0 aromatic carbocycles. The van der Waals surface area contributed by atoms with Crippen molar-refractivity contribution < 1.29 is 4.74 Å². The molecule has 1 fully saturated rings. The highest BCUT2D eigenvalue weighted by molar-refractivity contribution is 4.78. The molecular weight excluding hydrogens is 186 g/mol. The van der Waals surface area contributed by atoms with E-state index in [0.29, 0.717) is 6.04 Å². The van der Waals surface area contributed by atoms with Crippen molar-refractivity contribution in [1.82, 2.24) is 5.32 Å². The van der Waals surface area contributed by atoms with Crippen molar-refractivity contribution in [2.75, 3.05) is 19.8 Å². The standard InChI is InChI=1S/C13H25NO/c1-3-4-5-8-14-12(2)11-13-6-9-15-10-7-13/h3-4,12-14H,5-11H2,1-2H3/b4-3+. The number of hydrogen-bond acceptors (Lipinski definition) is 2. The Kier molecular flexibility index (Phi) is 6.69. The lowest BCUT2D eigenvalue weighted by molar-refractivity contribution is 0.0612. The van der Waals surface area contributed by atoms with E-state index >= 15 is 0 Å². The molecule has 0 bridgehead atoms. The zero-order valence-electron chi connectivity index (χ0n) is 10.2. The molecule has 0 aromatic heterocycles. The molecule has 1 saturated heterocycles. The molecule has 1 aliphatic rings. The quantitative estimate of drug-likeness (QED) is 0.539. The van der Waals surface area contributed by atoms with Gasteiger partial charge in [-0.1, -0.05) is 12.2 Å². The fourth-order valence-corrected chi connectivity index (χ4v) is 2.15. The van der Waals surface area contributed by atoms with Gasteiger partial charge in [-0.25, -0.2) is 0 Å². The number of rotatable bonds is 6. The molecule has 0 aromatic rings. The van der Waals surface area contributed by atoms with Crippen LogP contribution in [0.4, 0.5) is 0 Å². The summed E-state index contributed by atoms with van der Waals surface area (Å²) in [5, 5.41) is 3.57. The number of allylic oxidation sites excluding steroid dienone is 1. The Morgan fingerprint density at radius 2 is 2.13 bits per heavy atom. The minimum absolute atomic E-state index is 0.651. The van der Waals surface area contributed by atoms with Crippen LogP contribution in [0.25, 0.3) is 0 Å². The molecule has 0 saturated carbocycles. The van der Waals surface area contributed by atoms with Crippen LogP contribution in [-0.2, 0) is 4.74 Å². The largest absolute Gasteiger partial charge is 0.381 e. The van der Waals surface area contributed by atoms with Crippen molar-refractivity contribution in [1.29, 1.82) is 0 Å². The van der Waals surface area contributed by atoms with E-state index < -0.39 is 0 Å². The third kappa shape index (κ3) is 5.95. The monoisotopic (exact) mass is 211 g/mol. The third-order valence-corrected chi connectivity index (χ3v) is 3.07. The van der Waals surface area contributed by atoms with Crippen molar-refractivity contribution in [3.8, 4) is 0 Å². The number of ether oxygens (including phenoxy) is 1. The van der Waals surface area contributed by atoms with Crippen LogP contribution in [0.15, 0.2) is 12.2 Å². The lowest BCUT2D eigenvalue weighted by Gasteiger charge is -2.25. The summed E-state index contributed by atoms with van der Waals surface area (Å²) in [6.45, 7) is 7.41. The van der Waals surface area contributed by atoms with E-state index in [-0.39, 0.29) is 0 Å². The molecule has 1 rings (SSSR count). The summed E-state index contributed by atoms with van der Waals surface area (Å²) in [7, 11) is 0. The molecule has 88 valence electrons. The molecule has 0 aliphatic carbocycles. The molecule has 0 spiro atoms. The molecule has 0 radical (unpaired) electrons. The normalized spacial score (nSPS) is 20.9. The number of nitrogens with one attached hydrogen (secondary N) is 1. The van der Waals surface area contributed by atoms with E-state index in [9.17, 15) is 0 Å². The van der Waals surface area contributed by atoms with Crippen molar-refractivity contribution in [2.45, 2.75) is 45.6 Å². The summed E-state index contributed by atoms with van der Waals surface area (Å²) >= 11 is 0. The molecule has 1 unspecified atom stereocenters. The third-order valence-electron chi connectivity index (χ3n) is 3.07. The second-order valence-electron chi connectivity index (χ2n) is 4.50. The molecule has 1 N–H and O–H groups in total. The van der Waals surface area contributed by atoms with Gasteiger partial charge in [0.05, 0.1) is 0 Å². The van der Waals surface area contributed by atoms with Crippen LogP contribution in [-0.4, -0.2) is 25.8 Å². The molecule has 0 amide bonds. The van der Waals surface area contributed by atoms with Crippen molar-refractivity contribution in [3.05, 3.63) is 12.2 Å². The Labute approximate surface area is 94.1 Å². The van der Waals surface area contributed by atoms with Gasteiger partial charge in [-0.2, -0.15) is 0 Å². The first-order valence-electron chi connectivity index (χ1n) is 6.25. The Morgan fingerprint density at radius 3 is 2.80 bits per heavy atom. The fraction of sp³-hybridized carbons (Fsp3) is 0.846. The van der Waals surface area contributed by atoms with Gasteiger partial charge in [-0.3, -0.25) is 0 Å². The predicted octanol–water partition coefficient (Wildman–Crippen LogP) is 2.75. The van der Waals surface area contributed by atoms with Gasteiger partial charge in [-0.05, 0) is 52.0 Å². The Hall–Kier alpha value is -0.340. The summed E-state index contributed by atoms with van der Waals surface area (Å²) in [4.78, 5) is 0. The van der Waals surface area contributed by atoms with Crippen molar-refractivity contribution in [2.24, 2.45) is 5.92 Å². The van der Waals surface area contributed by atoms with Gasteiger partial charge < -0.3 is 10.1 Å². The molecule has 1 aliphatic heterocycles. The van der Waals surface area contributed by atoms with Crippen molar-refractivity contribution in [3.63, 3.8) is 0 Å². The van der Waals surface area contributed by atoms with Gasteiger partial charge in [0.2, 0.25) is 0 Å². The topological polar surface area (TPSA) is 21.3 Å². The minimum Gasteiger partial charge on any atom is -0.381 e. The van der Waals surface area contributed by atoms with Crippen LogP contribution in [0.3, 0.4) is 0 Å². The van der Waals surface area contributed by atoms with E-state index in [1.807, 2.05) is 0 Å². The van der Waals surface area contributed by atoms with E-state index in [0.717, 1.165) is 32.1 Å². The SMILES string of the molecule is C/C=C/CCNC(C)CC1CCOCC1. The molecule has 2 nitrogen and oxygen atoms in total.